The number of esters is 1. The van der Waals surface area contributed by atoms with Crippen molar-refractivity contribution >= 4 is 18.0 Å². The normalized spacial score (nSPS) is 12.8. The SMILES string of the molecule is CC(C)CCC(=O)N([C@@H](CC=Cc1ccccc1)C(=O)OC(C)(C)C)n1c(O)cn(C)c1=O. The Kier molecular flexibility index (Phi) is 8.68. The number of carbonyl (C=O) groups excluding carboxylic acids is 2. The van der Waals surface area contributed by atoms with Crippen LogP contribution >= 0.6 is 0 Å². The molecule has 0 spiro atoms. The van der Waals surface area contributed by atoms with E-state index in [-0.39, 0.29) is 18.8 Å². The minimum absolute atomic E-state index is 0.0952. The van der Waals surface area contributed by atoms with Gasteiger partial charge in [-0.1, -0.05) is 56.3 Å². The van der Waals surface area contributed by atoms with Crippen LogP contribution in [0, 0.1) is 5.92 Å². The molecule has 1 N–H and O–H groups in total. The number of carbonyl (C=O) groups is 2. The van der Waals surface area contributed by atoms with Crippen molar-refractivity contribution in [2.75, 3.05) is 5.01 Å². The van der Waals surface area contributed by atoms with Gasteiger partial charge in [-0.15, -0.1) is 0 Å². The van der Waals surface area contributed by atoms with Crippen molar-refractivity contribution in [2.45, 2.75) is 65.5 Å². The summed E-state index contributed by atoms with van der Waals surface area (Å²) in [5, 5.41) is 11.5. The van der Waals surface area contributed by atoms with Crippen LogP contribution in [0.3, 0.4) is 0 Å². The summed E-state index contributed by atoms with van der Waals surface area (Å²) in [6.07, 6.45) is 5.58. The van der Waals surface area contributed by atoms with Crippen molar-refractivity contribution in [2.24, 2.45) is 13.0 Å². The first-order valence-electron chi connectivity index (χ1n) is 11.1. The highest BCUT2D eigenvalue weighted by atomic mass is 16.6. The number of aromatic nitrogens is 2. The van der Waals surface area contributed by atoms with Gasteiger partial charge in [-0.05, 0) is 45.1 Å². The van der Waals surface area contributed by atoms with Crippen LogP contribution in [0.1, 0.15) is 59.4 Å². The first-order valence-corrected chi connectivity index (χ1v) is 11.1. The molecule has 33 heavy (non-hydrogen) atoms. The number of nitrogens with zero attached hydrogens (tertiary/aromatic N) is 3. The minimum Gasteiger partial charge on any atom is -0.492 e. The molecule has 8 heteroatoms. The monoisotopic (exact) mass is 457 g/mol. The van der Waals surface area contributed by atoms with Crippen LogP contribution in [-0.2, 0) is 21.4 Å². The van der Waals surface area contributed by atoms with Crippen LogP contribution in [-0.4, -0.2) is 37.9 Å². The van der Waals surface area contributed by atoms with Crippen molar-refractivity contribution in [3.8, 4) is 5.88 Å². The lowest BCUT2D eigenvalue weighted by Crippen LogP contribution is -2.56. The van der Waals surface area contributed by atoms with Crippen LogP contribution in [0.25, 0.3) is 6.08 Å². The Hall–Kier alpha value is -3.29. The zero-order chi connectivity index (χ0) is 24.8. The van der Waals surface area contributed by atoms with E-state index < -0.39 is 35.1 Å². The fraction of sp³-hybridized carbons (Fsp3) is 0.480. The minimum atomic E-state index is -1.14. The Balaban J connectivity index is 2.52. The molecular weight excluding hydrogens is 422 g/mol. The van der Waals surface area contributed by atoms with Gasteiger partial charge >= 0.3 is 11.7 Å². The van der Waals surface area contributed by atoms with Gasteiger partial charge < -0.3 is 9.84 Å². The van der Waals surface area contributed by atoms with E-state index in [0.29, 0.717) is 6.42 Å². The second kappa shape index (κ2) is 11.0. The quantitative estimate of drug-likeness (QED) is 0.581. The van der Waals surface area contributed by atoms with Gasteiger partial charge in [0.2, 0.25) is 11.8 Å². The number of benzene rings is 1. The fourth-order valence-corrected chi connectivity index (χ4v) is 3.25. The van der Waals surface area contributed by atoms with Crippen LogP contribution in [0.2, 0.25) is 0 Å². The lowest BCUT2D eigenvalue weighted by Gasteiger charge is -2.32. The van der Waals surface area contributed by atoms with E-state index in [0.717, 1.165) is 19.8 Å². The van der Waals surface area contributed by atoms with Crippen molar-refractivity contribution in [1.29, 1.82) is 0 Å². The third-order valence-corrected chi connectivity index (χ3v) is 4.86. The van der Waals surface area contributed by atoms with E-state index in [1.54, 1.807) is 26.8 Å². The number of aryl methyl sites for hydroxylation is 1. The highest BCUT2D eigenvalue weighted by molar-refractivity contribution is 5.93. The molecule has 2 aromatic rings. The van der Waals surface area contributed by atoms with Crippen LogP contribution in [0.4, 0.5) is 0 Å². The summed E-state index contributed by atoms with van der Waals surface area (Å²) in [7, 11) is 1.47. The fourth-order valence-electron chi connectivity index (χ4n) is 3.25. The zero-order valence-electron chi connectivity index (χ0n) is 20.3. The van der Waals surface area contributed by atoms with E-state index in [9.17, 15) is 19.5 Å². The van der Waals surface area contributed by atoms with E-state index in [2.05, 4.69) is 0 Å². The standard InChI is InChI=1S/C25H35N3O5/c1-18(2)15-16-21(29)27(28-22(30)17-26(6)24(28)32)20(23(31)33-25(3,4)5)14-10-13-19-11-8-7-9-12-19/h7-13,17-18,20,30H,14-16H2,1-6H3/t20-/m0/s1. The molecule has 1 amide bonds. The number of rotatable bonds is 9. The van der Waals surface area contributed by atoms with Crippen molar-refractivity contribution in [3.63, 3.8) is 0 Å². The third-order valence-electron chi connectivity index (χ3n) is 4.86. The predicted octanol–water partition coefficient (Wildman–Crippen LogP) is 3.61. The predicted molar refractivity (Wildman–Crippen MR) is 128 cm³/mol. The second-order valence-electron chi connectivity index (χ2n) is 9.46. The maximum absolute atomic E-state index is 13.3. The topological polar surface area (TPSA) is 93.8 Å². The molecule has 0 fully saturated rings. The van der Waals surface area contributed by atoms with Crippen LogP contribution in [0.15, 0.2) is 47.4 Å². The molecular formula is C25H35N3O5. The third kappa shape index (κ3) is 7.37. The Morgan fingerprint density at radius 1 is 1.18 bits per heavy atom. The molecule has 0 aliphatic heterocycles. The summed E-state index contributed by atoms with van der Waals surface area (Å²) >= 11 is 0. The summed E-state index contributed by atoms with van der Waals surface area (Å²) in [5.74, 6) is -1.29. The van der Waals surface area contributed by atoms with Crippen molar-refractivity contribution < 1.29 is 19.4 Å². The molecule has 8 nitrogen and oxygen atoms in total. The van der Waals surface area contributed by atoms with Gasteiger partial charge in [0.15, 0.2) is 6.04 Å². The number of hydrogen-bond donors (Lipinski definition) is 1. The number of ether oxygens (including phenoxy) is 1. The van der Waals surface area contributed by atoms with Gasteiger partial charge in [0, 0.05) is 13.5 Å². The molecule has 0 bridgehead atoms. The summed E-state index contributed by atoms with van der Waals surface area (Å²) in [5.41, 5.74) is -0.502. The van der Waals surface area contributed by atoms with E-state index >= 15 is 0 Å². The van der Waals surface area contributed by atoms with Gasteiger partial charge in [0.1, 0.15) is 5.60 Å². The lowest BCUT2D eigenvalue weighted by molar-refractivity contribution is -0.158. The van der Waals surface area contributed by atoms with E-state index in [1.165, 1.54) is 13.2 Å². The van der Waals surface area contributed by atoms with Crippen molar-refractivity contribution in [1.82, 2.24) is 9.24 Å². The Morgan fingerprint density at radius 3 is 2.33 bits per heavy atom. The molecule has 180 valence electrons. The Bertz CT molecular complexity index is 1030. The molecule has 1 aromatic heterocycles. The van der Waals surface area contributed by atoms with Crippen molar-refractivity contribution in [3.05, 3.63) is 58.7 Å². The largest absolute Gasteiger partial charge is 0.492 e. The molecule has 0 saturated carbocycles. The van der Waals surface area contributed by atoms with Gasteiger partial charge in [0.05, 0.1) is 6.20 Å². The number of imidazole rings is 1. The number of amides is 1. The maximum atomic E-state index is 13.3. The molecule has 2 rings (SSSR count). The smallest absolute Gasteiger partial charge is 0.350 e. The number of hydrogen-bond acceptors (Lipinski definition) is 5. The molecule has 0 saturated heterocycles. The van der Waals surface area contributed by atoms with Gasteiger partial charge in [0.25, 0.3) is 0 Å². The summed E-state index contributed by atoms with van der Waals surface area (Å²) < 4.78 is 7.61. The van der Waals surface area contributed by atoms with Gasteiger partial charge in [-0.3, -0.25) is 9.36 Å². The molecule has 1 aromatic carbocycles. The summed E-state index contributed by atoms with van der Waals surface area (Å²) in [6.45, 7) is 9.17. The Labute approximate surface area is 195 Å². The maximum Gasteiger partial charge on any atom is 0.350 e. The van der Waals surface area contributed by atoms with Gasteiger partial charge in [-0.25, -0.2) is 14.6 Å². The second-order valence-corrected chi connectivity index (χ2v) is 9.46. The molecule has 1 atom stereocenters. The highest BCUT2D eigenvalue weighted by Crippen LogP contribution is 2.19. The van der Waals surface area contributed by atoms with E-state index in [4.69, 9.17) is 4.74 Å². The zero-order valence-corrected chi connectivity index (χ0v) is 20.3. The van der Waals surface area contributed by atoms with Crippen LogP contribution in [0.5, 0.6) is 5.88 Å². The first-order chi connectivity index (χ1) is 15.4. The average molecular weight is 458 g/mol. The Morgan fingerprint density at radius 2 is 1.82 bits per heavy atom. The molecule has 0 radical (unpaired) electrons. The van der Waals surface area contributed by atoms with Crippen LogP contribution < -0.4 is 10.7 Å². The molecule has 0 aliphatic rings. The average Bonchev–Trinajstić information content (AvgIpc) is 2.97. The summed E-state index contributed by atoms with van der Waals surface area (Å²) in [4.78, 5) is 39.3. The van der Waals surface area contributed by atoms with E-state index in [1.807, 2.05) is 50.3 Å². The van der Waals surface area contributed by atoms with Gasteiger partial charge in [-0.2, -0.15) is 4.68 Å². The summed E-state index contributed by atoms with van der Waals surface area (Å²) in [6, 6.07) is 8.38. The lowest BCUT2D eigenvalue weighted by atomic mass is 10.1. The molecule has 0 unspecified atom stereocenters. The number of aromatic hydroxyl groups is 1. The highest BCUT2D eigenvalue weighted by Gasteiger charge is 2.36. The molecule has 0 aliphatic carbocycles. The molecule has 1 heterocycles. The first kappa shape index (κ1) is 26.0.